The minimum Gasteiger partial charge on any atom is -0.495 e. The second-order valence-corrected chi connectivity index (χ2v) is 3.79. The molecule has 0 saturated carbocycles. The number of hydrogen-bond acceptors (Lipinski definition) is 5. The van der Waals surface area contributed by atoms with E-state index in [2.05, 4.69) is 31.3 Å². The lowest BCUT2D eigenvalue weighted by Gasteiger charge is -2.13. The van der Waals surface area contributed by atoms with Crippen LogP contribution in [0.2, 0.25) is 0 Å². The van der Waals surface area contributed by atoms with Gasteiger partial charge in [-0.1, -0.05) is 17.3 Å². The molecule has 0 spiro atoms. The Morgan fingerprint density at radius 2 is 2.21 bits per heavy atom. The summed E-state index contributed by atoms with van der Waals surface area (Å²) in [5, 5.41) is 18.7. The van der Waals surface area contributed by atoms with Gasteiger partial charge in [-0.25, -0.2) is 4.79 Å². The van der Waals surface area contributed by atoms with Crippen molar-refractivity contribution >= 4 is 11.7 Å². The van der Waals surface area contributed by atoms with Crippen LogP contribution in [0.3, 0.4) is 0 Å². The predicted molar refractivity (Wildman–Crippen MR) is 67.7 cm³/mol. The minimum absolute atomic E-state index is 0.353. The van der Waals surface area contributed by atoms with Crippen LogP contribution in [0.15, 0.2) is 24.3 Å². The molecule has 1 aromatic carbocycles. The number of para-hydroxylation sites is 2. The van der Waals surface area contributed by atoms with Crippen LogP contribution in [0.4, 0.5) is 10.5 Å². The van der Waals surface area contributed by atoms with E-state index in [1.807, 2.05) is 6.07 Å². The molecular formula is C11H14N6O2. The van der Waals surface area contributed by atoms with Crippen LogP contribution < -0.4 is 15.4 Å². The van der Waals surface area contributed by atoms with Gasteiger partial charge in [-0.05, 0) is 19.1 Å². The topological polar surface area (TPSA) is 105 Å². The molecule has 0 aliphatic rings. The third-order valence-electron chi connectivity index (χ3n) is 2.45. The van der Waals surface area contributed by atoms with Gasteiger partial charge in [0.2, 0.25) is 0 Å². The van der Waals surface area contributed by atoms with Crippen LogP contribution in [0.25, 0.3) is 0 Å². The number of H-pyrrole nitrogens is 1. The van der Waals surface area contributed by atoms with Crippen molar-refractivity contribution in [3.63, 3.8) is 0 Å². The van der Waals surface area contributed by atoms with Crippen molar-refractivity contribution in [2.75, 3.05) is 12.4 Å². The Labute approximate surface area is 109 Å². The number of nitrogens with one attached hydrogen (secondary N) is 3. The largest absolute Gasteiger partial charge is 0.495 e. The Bertz CT molecular complexity index is 542. The summed E-state index contributed by atoms with van der Waals surface area (Å²) >= 11 is 0. The number of hydrogen-bond donors (Lipinski definition) is 3. The molecular weight excluding hydrogens is 248 g/mol. The van der Waals surface area contributed by atoms with Gasteiger partial charge in [0.05, 0.1) is 18.8 Å². The maximum atomic E-state index is 11.8. The fourth-order valence-corrected chi connectivity index (χ4v) is 1.52. The van der Waals surface area contributed by atoms with Crippen molar-refractivity contribution in [1.82, 2.24) is 25.9 Å². The van der Waals surface area contributed by atoms with E-state index in [9.17, 15) is 4.79 Å². The van der Waals surface area contributed by atoms with E-state index in [1.165, 1.54) is 0 Å². The maximum absolute atomic E-state index is 11.8. The third-order valence-corrected chi connectivity index (χ3v) is 2.45. The lowest BCUT2D eigenvalue weighted by Crippen LogP contribution is -2.31. The Hall–Kier alpha value is -2.64. The summed E-state index contributed by atoms with van der Waals surface area (Å²) in [6.45, 7) is 1.76. The molecule has 0 aliphatic carbocycles. The second-order valence-electron chi connectivity index (χ2n) is 3.79. The Balaban J connectivity index is 1.98. The molecule has 8 nitrogen and oxygen atoms in total. The number of aromatic amines is 1. The molecule has 8 heteroatoms. The number of carbonyl (C=O) groups is 1. The highest BCUT2D eigenvalue weighted by molar-refractivity contribution is 5.91. The number of benzene rings is 1. The van der Waals surface area contributed by atoms with E-state index in [0.29, 0.717) is 17.3 Å². The van der Waals surface area contributed by atoms with Crippen molar-refractivity contribution in [3.8, 4) is 5.75 Å². The molecule has 2 rings (SSSR count). The molecule has 0 bridgehead atoms. The first-order chi connectivity index (χ1) is 9.20. The fraction of sp³-hybridized carbons (Fsp3) is 0.273. The molecule has 1 atom stereocenters. The first-order valence-corrected chi connectivity index (χ1v) is 5.64. The monoisotopic (exact) mass is 262 g/mol. The molecule has 0 saturated heterocycles. The zero-order valence-corrected chi connectivity index (χ0v) is 10.5. The number of anilines is 1. The summed E-state index contributed by atoms with van der Waals surface area (Å²) in [6.07, 6.45) is 0. The standard InChI is InChI=1S/C11H14N6O2/c1-7(10-14-16-17-15-10)12-11(18)13-8-5-3-4-6-9(8)19-2/h3-7H,1-2H3,(H2,12,13,18)(H,14,15,16,17). The number of tetrazole rings is 1. The van der Waals surface area contributed by atoms with Crippen molar-refractivity contribution in [2.45, 2.75) is 13.0 Å². The summed E-state index contributed by atoms with van der Waals surface area (Å²) in [7, 11) is 1.54. The Morgan fingerprint density at radius 3 is 2.89 bits per heavy atom. The SMILES string of the molecule is COc1ccccc1NC(=O)NC(C)c1nn[nH]n1. The van der Waals surface area contributed by atoms with Gasteiger partial charge >= 0.3 is 6.03 Å². The third kappa shape index (κ3) is 3.18. The highest BCUT2D eigenvalue weighted by atomic mass is 16.5. The van der Waals surface area contributed by atoms with Crippen molar-refractivity contribution in [2.24, 2.45) is 0 Å². The molecule has 19 heavy (non-hydrogen) atoms. The van der Waals surface area contributed by atoms with Gasteiger partial charge in [0.15, 0.2) is 5.82 Å². The molecule has 2 aromatic rings. The van der Waals surface area contributed by atoms with Crippen LogP contribution >= 0.6 is 0 Å². The van der Waals surface area contributed by atoms with E-state index < -0.39 is 0 Å². The van der Waals surface area contributed by atoms with Crippen LogP contribution in [0.1, 0.15) is 18.8 Å². The van der Waals surface area contributed by atoms with Crippen molar-refractivity contribution < 1.29 is 9.53 Å². The van der Waals surface area contributed by atoms with Crippen LogP contribution in [-0.4, -0.2) is 33.8 Å². The zero-order chi connectivity index (χ0) is 13.7. The first kappa shape index (κ1) is 12.8. The number of rotatable bonds is 4. The lowest BCUT2D eigenvalue weighted by atomic mass is 10.3. The predicted octanol–water partition coefficient (Wildman–Crippen LogP) is 1.09. The van der Waals surface area contributed by atoms with Crippen molar-refractivity contribution in [3.05, 3.63) is 30.1 Å². The normalized spacial score (nSPS) is 11.7. The highest BCUT2D eigenvalue weighted by Crippen LogP contribution is 2.22. The molecule has 2 amide bonds. The molecule has 1 aromatic heterocycles. The highest BCUT2D eigenvalue weighted by Gasteiger charge is 2.14. The smallest absolute Gasteiger partial charge is 0.319 e. The van der Waals surface area contributed by atoms with Gasteiger partial charge in [0.25, 0.3) is 0 Å². The molecule has 1 unspecified atom stereocenters. The summed E-state index contributed by atoms with van der Waals surface area (Å²) in [4.78, 5) is 11.8. The average Bonchev–Trinajstić information content (AvgIpc) is 2.93. The average molecular weight is 262 g/mol. The van der Waals surface area contributed by atoms with Crippen LogP contribution in [0, 0.1) is 0 Å². The summed E-state index contributed by atoms with van der Waals surface area (Å²) in [5.74, 6) is 1.00. The summed E-state index contributed by atoms with van der Waals surface area (Å²) < 4.78 is 5.14. The van der Waals surface area contributed by atoms with Crippen LogP contribution in [0.5, 0.6) is 5.75 Å². The Kier molecular flexibility index (Phi) is 3.91. The van der Waals surface area contributed by atoms with Crippen molar-refractivity contribution in [1.29, 1.82) is 0 Å². The summed E-state index contributed by atoms with van der Waals surface area (Å²) in [6, 6.07) is 6.41. The first-order valence-electron chi connectivity index (χ1n) is 5.64. The fourth-order valence-electron chi connectivity index (χ4n) is 1.52. The number of methoxy groups -OCH3 is 1. The van der Waals surface area contributed by atoms with Crippen LogP contribution in [-0.2, 0) is 0 Å². The molecule has 1 heterocycles. The summed E-state index contributed by atoms with van der Waals surface area (Å²) in [5.41, 5.74) is 0.586. The van der Waals surface area contributed by atoms with Gasteiger partial charge in [0, 0.05) is 0 Å². The van der Waals surface area contributed by atoms with Gasteiger partial charge in [0.1, 0.15) is 5.75 Å². The van der Waals surface area contributed by atoms with E-state index in [-0.39, 0.29) is 12.1 Å². The molecule has 3 N–H and O–H groups in total. The Morgan fingerprint density at radius 1 is 1.42 bits per heavy atom. The number of ether oxygens (including phenoxy) is 1. The lowest BCUT2D eigenvalue weighted by molar-refractivity contribution is 0.249. The number of urea groups is 1. The van der Waals surface area contributed by atoms with Gasteiger partial charge in [-0.15, -0.1) is 10.2 Å². The van der Waals surface area contributed by atoms with E-state index >= 15 is 0 Å². The number of aromatic nitrogens is 4. The number of amides is 2. The zero-order valence-electron chi connectivity index (χ0n) is 10.5. The quantitative estimate of drug-likeness (QED) is 0.765. The molecule has 100 valence electrons. The van der Waals surface area contributed by atoms with Gasteiger partial charge < -0.3 is 15.4 Å². The number of carbonyl (C=O) groups excluding carboxylic acids is 1. The second kappa shape index (κ2) is 5.80. The van der Waals surface area contributed by atoms with E-state index in [0.717, 1.165) is 0 Å². The van der Waals surface area contributed by atoms with Gasteiger partial charge in [-0.3, -0.25) is 0 Å². The van der Waals surface area contributed by atoms with Gasteiger partial charge in [-0.2, -0.15) is 5.21 Å². The van der Waals surface area contributed by atoms with E-state index in [4.69, 9.17) is 4.74 Å². The van der Waals surface area contributed by atoms with E-state index in [1.54, 1.807) is 32.2 Å². The maximum Gasteiger partial charge on any atom is 0.319 e. The molecule has 0 radical (unpaired) electrons. The molecule has 0 fully saturated rings. The number of nitrogens with zero attached hydrogens (tertiary/aromatic N) is 3. The molecule has 0 aliphatic heterocycles. The minimum atomic E-state index is -0.373.